The first-order chi connectivity index (χ1) is 9.15. The number of urea groups is 1. The average Bonchev–Trinajstić information content (AvgIpc) is 2.87. The standard InChI is InChI=1S/C14H20ClN3O/c1-10-4-5-12(9-13(10)15)18-14(19)17-8-6-11-3-2-7-16-11/h4-5,9,11,16H,2-3,6-8H2,1H3,(H2,17,18,19). The monoisotopic (exact) mass is 281 g/mol. The Morgan fingerprint density at radius 3 is 3.05 bits per heavy atom. The largest absolute Gasteiger partial charge is 0.338 e. The molecule has 3 N–H and O–H groups in total. The average molecular weight is 282 g/mol. The zero-order valence-corrected chi connectivity index (χ0v) is 11.9. The molecule has 0 radical (unpaired) electrons. The van der Waals surface area contributed by atoms with Gasteiger partial charge in [0.1, 0.15) is 0 Å². The van der Waals surface area contributed by atoms with E-state index in [4.69, 9.17) is 11.6 Å². The first-order valence-corrected chi connectivity index (χ1v) is 7.07. The van der Waals surface area contributed by atoms with Crippen LogP contribution in [0.25, 0.3) is 0 Å². The van der Waals surface area contributed by atoms with Crippen LogP contribution < -0.4 is 16.0 Å². The molecule has 2 amide bonds. The van der Waals surface area contributed by atoms with Crippen LogP contribution in [0.1, 0.15) is 24.8 Å². The first-order valence-electron chi connectivity index (χ1n) is 6.69. The molecular formula is C14H20ClN3O. The lowest BCUT2D eigenvalue weighted by molar-refractivity contribution is 0.251. The highest BCUT2D eigenvalue weighted by Crippen LogP contribution is 2.19. The molecule has 1 fully saturated rings. The van der Waals surface area contributed by atoms with Gasteiger partial charge in [-0.2, -0.15) is 0 Å². The van der Waals surface area contributed by atoms with Crippen molar-refractivity contribution in [1.82, 2.24) is 10.6 Å². The Morgan fingerprint density at radius 2 is 2.37 bits per heavy atom. The molecule has 1 aliphatic rings. The molecule has 104 valence electrons. The Kier molecular flexibility index (Phi) is 5.05. The van der Waals surface area contributed by atoms with Gasteiger partial charge in [-0.3, -0.25) is 0 Å². The minimum absolute atomic E-state index is 0.182. The smallest absolute Gasteiger partial charge is 0.319 e. The number of hydrogen-bond donors (Lipinski definition) is 3. The number of benzene rings is 1. The van der Waals surface area contributed by atoms with Crippen LogP contribution >= 0.6 is 11.6 Å². The molecular weight excluding hydrogens is 262 g/mol. The van der Waals surface area contributed by atoms with Crippen LogP contribution in [0.3, 0.4) is 0 Å². The van der Waals surface area contributed by atoms with Crippen LogP contribution in [0.4, 0.5) is 10.5 Å². The molecule has 1 heterocycles. The van der Waals surface area contributed by atoms with Crippen molar-refractivity contribution in [2.24, 2.45) is 0 Å². The topological polar surface area (TPSA) is 53.2 Å². The fourth-order valence-corrected chi connectivity index (χ4v) is 2.39. The van der Waals surface area contributed by atoms with Crippen molar-refractivity contribution in [3.8, 4) is 0 Å². The number of carbonyl (C=O) groups excluding carboxylic acids is 1. The number of carbonyl (C=O) groups is 1. The van der Waals surface area contributed by atoms with Crippen molar-refractivity contribution < 1.29 is 4.79 Å². The van der Waals surface area contributed by atoms with Crippen LogP contribution in [0, 0.1) is 6.92 Å². The van der Waals surface area contributed by atoms with E-state index in [0.29, 0.717) is 23.3 Å². The van der Waals surface area contributed by atoms with Crippen LogP contribution in [-0.4, -0.2) is 25.2 Å². The van der Waals surface area contributed by atoms with Crippen LogP contribution in [0.5, 0.6) is 0 Å². The van der Waals surface area contributed by atoms with E-state index in [9.17, 15) is 4.79 Å². The maximum absolute atomic E-state index is 11.7. The highest BCUT2D eigenvalue weighted by Gasteiger charge is 2.13. The van der Waals surface area contributed by atoms with Gasteiger partial charge >= 0.3 is 6.03 Å². The van der Waals surface area contributed by atoms with Gasteiger partial charge in [-0.05, 0) is 50.4 Å². The number of amides is 2. The van der Waals surface area contributed by atoms with Crippen molar-refractivity contribution >= 4 is 23.3 Å². The van der Waals surface area contributed by atoms with Gasteiger partial charge in [0.05, 0.1) is 0 Å². The molecule has 1 aromatic carbocycles. The summed E-state index contributed by atoms with van der Waals surface area (Å²) in [6.45, 7) is 3.71. The van der Waals surface area contributed by atoms with Gasteiger partial charge in [0, 0.05) is 23.3 Å². The van der Waals surface area contributed by atoms with Gasteiger partial charge in [0.25, 0.3) is 0 Å². The van der Waals surface area contributed by atoms with Crippen LogP contribution in [-0.2, 0) is 0 Å². The molecule has 2 rings (SSSR count). The van der Waals surface area contributed by atoms with Crippen LogP contribution in [0.15, 0.2) is 18.2 Å². The number of rotatable bonds is 4. The van der Waals surface area contributed by atoms with E-state index in [0.717, 1.165) is 18.5 Å². The third kappa shape index (κ3) is 4.40. The van der Waals surface area contributed by atoms with E-state index in [1.807, 2.05) is 19.1 Å². The first kappa shape index (κ1) is 14.2. The Bertz CT molecular complexity index is 444. The molecule has 0 bridgehead atoms. The van der Waals surface area contributed by atoms with Crippen molar-refractivity contribution in [2.75, 3.05) is 18.4 Å². The molecule has 1 aliphatic heterocycles. The number of halogens is 1. The second-order valence-corrected chi connectivity index (χ2v) is 5.33. The Hall–Kier alpha value is -1.26. The van der Waals surface area contributed by atoms with Gasteiger partial charge < -0.3 is 16.0 Å². The van der Waals surface area contributed by atoms with E-state index in [1.54, 1.807) is 6.07 Å². The summed E-state index contributed by atoms with van der Waals surface area (Å²) >= 11 is 6.01. The number of aryl methyl sites for hydroxylation is 1. The molecule has 1 aromatic rings. The number of nitrogens with one attached hydrogen (secondary N) is 3. The van der Waals surface area contributed by atoms with Gasteiger partial charge in [-0.15, -0.1) is 0 Å². The summed E-state index contributed by atoms with van der Waals surface area (Å²) in [6.07, 6.45) is 3.41. The molecule has 5 heteroatoms. The summed E-state index contributed by atoms with van der Waals surface area (Å²) in [5.74, 6) is 0. The Balaban J connectivity index is 1.72. The van der Waals surface area contributed by atoms with Crippen molar-refractivity contribution in [2.45, 2.75) is 32.2 Å². The van der Waals surface area contributed by atoms with Gasteiger partial charge in [-0.25, -0.2) is 4.79 Å². The molecule has 1 unspecified atom stereocenters. The highest BCUT2D eigenvalue weighted by atomic mass is 35.5. The predicted octanol–water partition coefficient (Wildman–Crippen LogP) is 2.91. The third-order valence-electron chi connectivity index (χ3n) is 3.37. The van der Waals surface area contributed by atoms with Gasteiger partial charge in [0.15, 0.2) is 0 Å². The molecule has 0 spiro atoms. The maximum Gasteiger partial charge on any atom is 0.319 e. The lowest BCUT2D eigenvalue weighted by Gasteiger charge is -2.12. The summed E-state index contributed by atoms with van der Waals surface area (Å²) in [5, 5.41) is 9.70. The second kappa shape index (κ2) is 6.78. The summed E-state index contributed by atoms with van der Waals surface area (Å²) in [5.41, 5.74) is 1.71. The Labute approximate surface area is 118 Å². The summed E-state index contributed by atoms with van der Waals surface area (Å²) < 4.78 is 0. The zero-order valence-electron chi connectivity index (χ0n) is 11.1. The fraction of sp³-hybridized carbons (Fsp3) is 0.500. The van der Waals surface area contributed by atoms with Crippen molar-refractivity contribution in [1.29, 1.82) is 0 Å². The lowest BCUT2D eigenvalue weighted by atomic mass is 10.1. The predicted molar refractivity (Wildman–Crippen MR) is 78.9 cm³/mol. The Morgan fingerprint density at radius 1 is 1.53 bits per heavy atom. The quantitative estimate of drug-likeness (QED) is 0.795. The molecule has 1 saturated heterocycles. The molecule has 4 nitrogen and oxygen atoms in total. The van der Waals surface area contributed by atoms with Crippen LogP contribution in [0.2, 0.25) is 5.02 Å². The van der Waals surface area contributed by atoms with Crippen molar-refractivity contribution in [3.05, 3.63) is 28.8 Å². The number of hydrogen-bond acceptors (Lipinski definition) is 2. The van der Waals surface area contributed by atoms with Gasteiger partial charge in [-0.1, -0.05) is 17.7 Å². The van der Waals surface area contributed by atoms with E-state index >= 15 is 0 Å². The molecule has 1 atom stereocenters. The molecule has 19 heavy (non-hydrogen) atoms. The zero-order chi connectivity index (χ0) is 13.7. The summed E-state index contributed by atoms with van der Waals surface area (Å²) in [7, 11) is 0. The maximum atomic E-state index is 11.7. The molecule has 0 saturated carbocycles. The fourth-order valence-electron chi connectivity index (χ4n) is 2.21. The van der Waals surface area contributed by atoms with E-state index in [-0.39, 0.29) is 6.03 Å². The van der Waals surface area contributed by atoms with E-state index < -0.39 is 0 Å². The SMILES string of the molecule is Cc1ccc(NC(=O)NCCC2CCCN2)cc1Cl. The molecule has 0 aromatic heterocycles. The second-order valence-electron chi connectivity index (χ2n) is 4.93. The van der Waals surface area contributed by atoms with Crippen molar-refractivity contribution in [3.63, 3.8) is 0 Å². The van der Waals surface area contributed by atoms with E-state index in [1.165, 1.54) is 12.8 Å². The summed E-state index contributed by atoms with van der Waals surface area (Å²) in [4.78, 5) is 11.7. The minimum Gasteiger partial charge on any atom is -0.338 e. The summed E-state index contributed by atoms with van der Waals surface area (Å²) in [6, 6.07) is 5.86. The number of anilines is 1. The third-order valence-corrected chi connectivity index (χ3v) is 3.78. The van der Waals surface area contributed by atoms with Gasteiger partial charge in [0.2, 0.25) is 0 Å². The molecule has 0 aliphatic carbocycles. The lowest BCUT2D eigenvalue weighted by Crippen LogP contribution is -2.33. The van der Waals surface area contributed by atoms with E-state index in [2.05, 4.69) is 16.0 Å². The normalized spacial score (nSPS) is 18.3. The minimum atomic E-state index is -0.182. The highest BCUT2D eigenvalue weighted by molar-refractivity contribution is 6.31.